The van der Waals surface area contributed by atoms with Crippen LogP contribution in [0.4, 0.5) is 0 Å². The zero-order valence-electron chi connectivity index (χ0n) is 13.9. The lowest BCUT2D eigenvalue weighted by Crippen LogP contribution is -2.60. The number of ether oxygens (including phenoxy) is 1. The summed E-state index contributed by atoms with van der Waals surface area (Å²) >= 11 is 0. The Labute approximate surface area is 124 Å². The van der Waals surface area contributed by atoms with Gasteiger partial charge >= 0.3 is 5.97 Å². The van der Waals surface area contributed by atoms with Crippen molar-refractivity contribution in [2.45, 2.75) is 65.5 Å². The van der Waals surface area contributed by atoms with E-state index in [1.807, 2.05) is 13.8 Å². The number of likely N-dealkylation sites (tertiary alicyclic amines) is 1. The molecule has 2 atom stereocenters. The second kappa shape index (κ2) is 7.99. The van der Waals surface area contributed by atoms with Crippen LogP contribution in [0.3, 0.4) is 0 Å². The van der Waals surface area contributed by atoms with Crippen molar-refractivity contribution < 1.29 is 9.53 Å². The molecular formula is C16H32N2O2. The quantitative estimate of drug-likeness (QED) is 0.729. The van der Waals surface area contributed by atoms with Gasteiger partial charge in [0.05, 0.1) is 6.61 Å². The van der Waals surface area contributed by atoms with E-state index in [1.54, 1.807) is 0 Å². The van der Waals surface area contributed by atoms with Gasteiger partial charge in [0.1, 0.15) is 5.54 Å². The number of nitrogens with one attached hydrogen (secondary N) is 1. The minimum Gasteiger partial charge on any atom is -0.465 e. The number of carbonyl (C=O) groups is 1. The van der Waals surface area contributed by atoms with Crippen LogP contribution < -0.4 is 5.32 Å². The molecule has 0 aromatic rings. The summed E-state index contributed by atoms with van der Waals surface area (Å²) in [5, 5.41) is 3.40. The maximum atomic E-state index is 12.3. The highest BCUT2D eigenvalue weighted by Crippen LogP contribution is 2.21. The number of hydrogen-bond donors (Lipinski definition) is 1. The van der Waals surface area contributed by atoms with Gasteiger partial charge in [-0.2, -0.15) is 0 Å². The molecule has 0 saturated carbocycles. The van der Waals surface area contributed by atoms with Crippen LogP contribution in [0.15, 0.2) is 0 Å². The van der Waals surface area contributed by atoms with Crippen LogP contribution in [0.1, 0.15) is 53.9 Å². The summed E-state index contributed by atoms with van der Waals surface area (Å²) < 4.78 is 5.27. The van der Waals surface area contributed by atoms with Gasteiger partial charge in [-0.3, -0.25) is 10.1 Å². The maximum absolute atomic E-state index is 12.3. The molecule has 0 radical (unpaired) electrons. The fraction of sp³-hybridized carbons (Fsp3) is 0.938. The van der Waals surface area contributed by atoms with Gasteiger partial charge < -0.3 is 9.64 Å². The van der Waals surface area contributed by atoms with Crippen LogP contribution >= 0.6 is 0 Å². The molecule has 4 nitrogen and oxygen atoms in total. The summed E-state index contributed by atoms with van der Waals surface area (Å²) in [4.78, 5) is 14.7. The van der Waals surface area contributed by atoms with Crippen molar-refractivity contribution in [1.82, 2.24) is 10.2 Å². The van der Waals surface area contributed by atoms with E-state index in [2.05, 4.69) is 31.0 Å². The van der Waals surface area contributed by atoms with E-state index in [9.17, 15) is 4.79 Å². The molecule has 1 heterocycles. The molecule has 0 aliphatic carbocycles. The molecule has 2 unspecified atom stereocenters. The smallest absolute Gasteiger partial charge is 0.327 e. The first-order valence-electron chi connectivity index (χ1n) is 8.08. The standard InChI is InChI=1S/C16H32N2O2/c1-6-14-9-8-10-18(11-14)12-16(5,17-13(3)4)15(19)20-7-2/h13-14,17H,6-12H2,1-5H3. The molecule has 1 fully saturated rings. The summed E-state index contributed by atoms with van der Waals surface area (Å²) in [5.41, 5.74) is -0.611. The third kappa shape index (κ3) is 5.06. The molecule has 1 N–H and O–H groups in total. The van der Waals surface area contributed by atoms with Crippen molar-refractivity contribution in [2.75, 3.05) is 26.2 Å². The second-order valence-corrected chi connectivity index (χ2v) is 6.50. The minimum atomic E-state index is -0.611. The predicted octanol–water partition coefficient (Wildman–Crippen LogP) is 2.43. The predicted molar refractivity (Wildman–Crippen MR) is 82.8 cm³/mol. The normalized spacial score (nSPS) is 23.6. The molecule has 1 saturated heterocycles. The van der Waals surface area contributed by atoms with Gasteiger partial charge in [0.15, 0.2) is 0 Å². The van der Waals surface area contributed by atoms with Crippen molar-refractivity contribution >= 4 is 5.97 Å². The van der Waals surface area contributed by atoms with E-state index in [4.69, 9.17) is 4.74 Å². The van der Waals surface area contributed by atoms with Gasteiger partial charge in [-0.1, -0.05) is 13.3 Å². The Morgan fingerprint density at radius 2 is 2.15 bits per heavy atom. The molecule has 118 valence electrons. The van der Waals surface area contributed by atoms with Crippen molar-refractivity contribution in [1.29, 1.82) is 0 Å². The lowest BCUT2D eigenvalue weighted by atomic mass is 9.93. The van der Waals surface area contributed by atoms with E-state index >= 15 is 0 Å². The van der Waals surface area contributed by atoms with Gasteiger partial charge in [-0.25, -0.2) is 0 Å². The monoisotopic (exact) mass is 284 g/mol. The topological polar surface area (TPSA) is 41.6 Å². The first kappa shape index (κ1) is 17.4. The van der Waals surface area contributed by atoms with E-state index in [0.29, 0.717) is 6.61 Å². The van der Waals surface area contributed by atoms with Crippen LogP contribution in [-0.4, -0.2) is 48.7 Å². The molecule has 4 heteroatoms. The van der Waals surface area contributed by atoms with Crippen LogP contribution in [0.5, 0.6) is 0 Å². The van der Waals surface area contributed by atoms with E-state index < -0.39 is 5.54 Å². The largest absolute Gasteiger partial charge is 0.465 e. The number of nitrogens with zero attached hydrogens (tertiary/aromatic N) is 1. The molecule has 0 spiro atoms. The lowest BCUT2D eigenvalue weighted by Gasteiger charge is -2.39. The van der Waals surface area contributed by atoms with Crippen LogP contribution in [0, 0.1) is 5.92 Å². The van der Waals surface area contributed by atoms with Crippen molar-refractivity contribution in [3.63, 3.8) is 0 Å². The van der Waals surface area contributed by atoms with E-state index in [-0.39, 0.29) is 12.0 Å². The summed E-state index contributed by atoms with van der Waals surface area (Å²) in [6.45, 7) is 13.6. The second-order valence-electron chi connectivity index (χ2n) is 6.50. The van der Waals surface area contributed by atoms with Gasteiger partial charge in [0.25, 0.3) is 0 Å². The fourth-order valence-electron chi connectivity index (χ4n) is 3.17. The van der Waals surface area contributed by atoms with Crippen molar-refractivity contribution in [3.05, 3.63) is 0 Å². The Kier molecular flexibility index (Phi) is 6.96. The van der Waals surface area contributed by atoms with Gasteiger partial charge in [0, 0.05) is 19.1 Å². The summed E-state index contributed by atoms with van der Waals surface area (Å²) in [5.74, 6) is 0.640. The zero-order valence-corrected chi connectivity index (χ0v) is 13.9. The number of rotatable bonds is 7. The Morgan fingerprint density at radius 3 is 2.70 bits per heavy atom. The first-order valence-corrected chi connectivity index (χ1v) is 8.08. The number of esters is 1. The number of carbonyl (C=O) groups excluding carboxylic acids is 1. The maximum Gasteiger partial charge on any atom is 0.327 e. The summed E-state index contributed by atoms with van der Waals surface area (Å²) in [6.07, 6.45) is 3.78. The van der Waals surface area contributed by atoms with Gasteiger partial charge in [-0.15, -0.1) is 0 Å². The molecule has 20 heavy (non-hydrogen) atoms. The zero-order chi connectivity index (χ0) is 15.2. The average Bonchev–Trinajstić information content (AvgIpc) is 2.38. The molecule has 1 aliphatic rings. The molecule has 0 amide bonds. The SMILES string of the molecule is CCOC(=O)C(C)(CN1CCCC(CC)C1)NC(C)C. The van der Waals surface area contributed by atoms with E-state index in [0.717, 1.165) is 25.6 Å². The highest BCUT2D eigenvalue weighted by Gasteiger charge is 2.37. The molecule has 1 rings (SSSR count). The van der Waals surface area contributed by atoms with Crippen molar-refractivity contribution in [2.24, 2.45) is 5.92 Å². The van der Waals surface area contributed by atoms with Crippen molar-refractivity contribution in [3.8, 4) is 0 Å². The molecule has 0 aromatic heterocycles. The summed E-state index contributed by atoms with van der Waals surface area (Å²) in [7, 11) is 0. The highest BCUT2D eigenvalue weighted by atomic mass is 16.5. The average molecular weight is 284 g/mol. The van der Waals surface area contributed by atoms with Crippen LogP contribution in [0.25, 0.3) is 0 Å². The van der Waals surface area contributed by atoms with Gasteiger partial charge in [0.2, 0.25) is 0 Å². The Morgan fingerprint density at radius 1 is 1.45 bits per heavy atom. The highest BCUT2D eigenvalue weighted by molar-refractivity contribution is 5.80. The van der Waals surface area contributed by atoms with Crippen LogP contribution in [0.2, 0.25) is 0 Å². The van der Waals surface area contributed by atoms with Gasteiger partial charge in [-0.05, 0) is 53.0 Å². The fourth-order valence-corrected chi connectivity index (χ4v) is 3.17. The third-order valence-electron chi connectivity index (χ3n) is 4.05. The third-order valence-corrected chi connectivity index (χ3v) is 4.05. The molecular weight excluding hydrogens is 252 g/mol. The molecule has 1 aliphatic heterocycles. The number of hydrogen-bond acceptors (Lipinski definition) is 4. The van der Waals surface area contributed by atoms with E-state index in [1.165, 1.54) is 19.3 Å². The summed E-state index contributed by atoms with van der Waals surface area (Å²) in [6, 6.07) is 0.260. The molecule has 0 aromatic carbocycles. The Hall–Kier alpha value is -0.610. The Bertz CT molecular complexity index is 307. The lowest BCUT2D eigenvalue weighted by molar-refractivity contribution is -0.152. The Balaban J connectivity index is 2.70. The van der Waals surface area contributed by atoms with Crippen LogP contribution in [-0.2, 0) is 9.53 Å². The minimum absolute atomic E-state index is 0.132. The molecule has 0 bridgehead atoms. The number of piperidine rings is 1. The first-order chi connectivity index (χ1) is 9.41.